The van der Waals surface area contributed by atoms with Crippen molar-refractivity contribution in [3.8, 4) is 5.75 Å². The fourth-order valence-electron chi connectivity index (χ4n) is 2.40. The molecule has 2 N–H and O–H groups in total. The Morgan fingerprint density at radius 3 is 2.85 bits per heavy atom. The van der Waals surface area contributed by atoms with Crippen LogP contribution < -0.4 is 15.4 Å². The summed E-state index contributed by atoms with van der Waals surface area (Å²) in [4.78, 5) is 4.61. The van der Waals surface area contributed by atoms with Crippen LogP contribution in [-0.2, 0) is 6.54 Å². The van der Waals surface area contributed by atoms with Crippen LogP contribution in [0.5, 0.6) is 5.75 Å². The third kappa shape index (κ3) is 8.55. The van der Waals surface area contributed by atoms with Gasteiger partial charge in [-0.1, -0.05) is 12.1 Å². The topological polar surface area (TPSA) is 63.5 Å². The number of nitrogens with one attached hydrogen (secondary N) is 2. The molecule has 0 amide bonds. The lowest BCUT2D eigenvalue weighted by molar-refractivity contribution is 0.230. The minimum absolute atomic E-state index is 0. The normalized spacial score (nSPS) is 12.2. The molecule has 0 spiro atoms. The monoisotopic (exact) mass is 471 g/mol. The van der Waals surface area contributed by atoms with Crippen LogP contribution in [0.25, 0.3) is 0 Å². The van der Waals surface area contributed by atoms with Gasteiger partial charge in [0.1, 0.15) is 11.9 Å². The zero-order chi connectivity index (χ0) is 17.9. The smallest absolute Gasteiger partial charge is 0.191 e. The van der Waals surface area contributed by atoms with Crippen molar-refractivity contribution in [3.05, 3.63) is 48.3 Å². The summed E-state index contributed by atoms with van der Waals surface area (Å²) in [5, 5.41) is 10.8. The lowest BCUT2D eigenvalue weighted by atomic mass is 10.2. The molecule has 0 aliphatic heterocycles. The maximum Gasteiger partial charge on any atom is 0.191 e. The number of hydrogen-bond donors (Lipinski definition) is 2. The minimum Gasteiger partial charge on any atom is -0.489 e. The first kappa shape index (κ1) is 22.3. The number of hydrogen-bond acceptors (Lipinski definition) is 3. The van der Waals surface area contributed by atoms with Crippen molar-refractivity contribution in [3.63, 3.8) is 0 Å². The molecule has 6 nitrogen and oxygen atoms in total. The number of aliphatic imine (C=N–C) groups is 1. The molecule has 0 aliphatic carbocycles. The molecule has 0 fully saturated rings. The predicted molar refractivity (Wildman–Crippen MR) is 118 cm³/mol. The van der Waals surface area contributed by atoms with Crippen molar-refractivity contribution in [1.29, 1.82) is 0 Å². The van der Waals surface area contributed by atoms with Crippen LogP contribution in [0.4, 0.5) is 0 Å². The largest absolute Gasteiger partial charge is 0.489 e. The summed E-state index contributed by atoms with van der Waals surface area (Å²) in [5.41, 5.74) is 1.19. The Hall–Kier alpha value is -1.77. The SMILES string of the molecule is CCNC(=NCC(C)Oc1cccc(C)c1)NCCCn1cccn1.I. The molecule has 0 bridgehead atoms. The van der Waals surface area contributed by atoms with E-state index in [1.54, 1.807) is 6.20 Å². The highest BCUT2D eigenvalue weighted by Gasteiger charge is 2.05. The second-order valence-electron chi connectivity index (χ2n) is 6.01. The fraction of sp³-hybridized carbons (Fsp3) is 0.474. The van der Waals surface area contributed by atoms with Crippen LogP contribution in [0.15, 0.2) is 47.7 Å². The van der Waals surface area contributed by atoms with Gasteiger partial charge in [0.05, 0.1) is 6.54 Å². The van der Waals surface area contributed by atoms with Gasteiger partial charge in [-0.05, 0) is 51.0 Å². The van der Waals surface area contributed by atoms with Gasteiger partial charge in [-0.25, -0.2) is 4.99 Å². The molecule has 7 heteroatoms. The van der Waals surface area contributed by atoms with E-state index in [9.17, 15) is 0 Å². The third-order valence-electron chi connectivity index (χ3n) is 3.59. The average Bonchev–Trinajstić information content (AvgIpc) is 3.10. The van der Waals surface area contributed by atoms with E-state index < -0.39 is 0 Å². The third-order valence-corrected chi connectivity index (χ3v) is 3.59. The van der Waals surface area contributed by atoms with Crippen molar-refractivity contribution in [2.75, 3.05) is 19.6 Å². The average molecular weight is 471 g/mol. The van der Waals surface area contributed by atoms with E-state index in [1.165, 1.54) is 5.56 Å². The van der Waals surface area contributed by atoms with E-state index in [0.29, 0.717) is 6.54 Å². The zero-order valence-electron chi connectivity index (χ0n) is 15.8. The summed E-state index contributed by atoms with van der Waals surface area (Å²) in [6, 6.07) is 10.0. The Labute approximate surface area is 173 Å². The lowest BCUT2D eigenvalue weighted by Crippen LogP contribution is -2.38. The molecule has 0 aliphatic rings. The Morgan fingerprint density at radius 2 is 2.15 bits per heavy atom. The molecule has 1 unspecified atom stereocenters. The van der Waals surface area contributed by atoms with Gasteiger partial charge in [-0.3, -0.25) is 4.68 Å². The quantitative estimate of drug-likeness (QED) is 0.255. The van der Waals surface area contributed by atoms with E-state index in [0.717, 1.165) is 37.8 Å². The van der Waals surface area contributed by atoms with Crippen molar-refractivity contribution < 1.29 is 4.74 Å². The molecule has 0 radical (unpaired) electrons. The highest BCUT2D eigenvalue weighted by molar-refractivity contribution is 14.0. The molecule has 1 heterocycles. The second-order valence-corrected chi connectivity index (χ2v) is 6.01. The van der Waals surface area contributed by atoms with Crippen LogP contribution in [0.2, 0.25) is 0 Å². The van der Waals surface area contributed by atoms with Gasteiger partial charge in [-0.15, -0.1) is 24.0 Å². The van der Waals surface area contributed by atoms with Crippen molar-refractivity contribution >= 4 is 29.9 Å². The summed E-state index contributed by atoms with van der Waals surface area (Å²) < 4.78 is 7.86. The summed E-state index contributed by atoms with van der Waals surface area (Å²) in [6.45, 7) is 9.33. The number of aryl methyl sites for hydroxylation is 2. The van der Waals surface area contributed by atoms with E-state index in [4.69, 9.17) is 4.74 Å². The molecule has 0 saturated carbocycles. The Bertz CT molecular complexity index is 645. The standard InChI is InChI=1S/C19H29N5O.HI/c1-4-20-19(21-10-6-12-24-13-7-11-23-24)22-15-17(3)25-18-9-5-8-16(2)14-18;/h5,7-9,11,13-14,17H,4,6,10,12,15H2,1-3H3,(H2,20,21,22);1H. The van der Waals surface area contributed by atoms with Crippen molar-refractivity contribution in [1.82, 2.24) is 20.4 Å². The van der Waals surface area contributed by atoms with Crippen molar-refractivity contribution in [2.24, 2.45) is 4.99 Å². The Kier molecular flexibility index (Phi) is 10.8. The minimum atomic E-state index is 0. The Morgan fingerprint density at radius 1 is 1.31 bits per heavy atom. The summed E-state index contributed by atoms with van der Waals surface area (Å²) >= 11 is 0. The maximum atomic E-state index is 5.92. The maximum absolute atomic E-state index is 5.92. The number of nitrogens with zero attached hydrogens (tertiary/aromatic N) is 3. The fourth-order valence-corrected chi connectivity index (χ4v) is 2.40. The molecule has 1 aromatic heterocycles. The first-order chi connectivity index (χ1) is 12.2. The van der Waals surface area contributed by atoms with Gasteiger partial charge in [0.25, 0.3) is 0 Å². The first-order valence-corrected chi connectivity index (χ1v) is 8.90. The van der Waals surface area contributed by atoms with Crippen LogP contribution >= 0.6 is 24.0 Å². The predicted octanol–water partition coefficient (Wildman–Crippen LogP) is 3.22. The number of benzene rings is 1. The number of halogens is 1. The van der Waals surface area contributed by atoms with E-state index >= 15 is 0 Å². The number of rotatable bonds is 9. The molecule has 1 atom stereocenters. The zero-order valence-corrected chi connectivity index (χ0v) is 18.1. The highest BCUT2D eigenvalue weighted by atomic mass is 127. The van der Waals surface area contributed by atoms with Crippen LogP contribution in [0.3, 0.4) is 0 Å². The molecule has 26 heavy (non-hydrogen) atoms. The second kappa shape index (κ2) is 12.6. The van der Waals surface area contributed by atoms with Crippen LogP contribution in [-0.4, -0.2) is 41.5 Å². The highest BCUT2D eigenvalue weighted by Crippen LogP contribution is 2.14. The summed E-state index contributed by atoms with van der Waals surface area (Å²) in [7, 11) is 0. The van der Waals surface area contributed by atoms with Gasteiger partial charge in [0, 0.05) is 32.0 Å². The molecule has 0 saturated heterocycles. The van der Waals surface area contributed by atoms with Gasteiger partial charge in [0.15, 0.2) is 5.96 Å². The van der Waals surface area contributed by atoms with Gasteiger partial charge < -0.3 is 15.4 Å². The number of guanidine groups is 1. The lowest BCUT2D eigenvalue weighted by Gasteiger charge is -2.15. The Balaban J connectivity index is 0.00000338. The van der Waals surface area contributed by atoms with E-state index in [2.05, 4.69) is 40.6 Å². The van der Waals surface area contributed by atoms with Crippen LogP contribution in [0.1, 0.15) is 25.8 Å². The van der Waals surface area contributed by atoms with Gasteiger partial charge in [0.2, 0.25) is 0 Å². The van der Waals surface area contributed by atoms with Gasteiger partial charge in [-0.2, -0.15) is 5.10 Å². The summed E-state index contributed by atoms with van der Waals surface area (Å²) in [6.07, 6.45) is 4.78. The van der Waals surface area contributed by atoms with Crippen LogP contribution in [0, 0.1) is 6.92 Å². The number of aromatic nitrogens is 2. The molecule has 1 aromatic carbocycles. The number of ether oxygens (including phenoxy) is 1. The molecule has 2 rings (SSSR count). The summed E-state index contributed by atoms with van der Waals surface area (Å²) in [5.74, 6) is 1.71. The molecule has 2 aromatic rings. The molecular weight excluding hydrogens is 441 g/mol. The first-order valence-electron chi connectivity index (χ1n) is 8.90. The van der Waals surface area contributed by atoms with E-state index in [-0.39, 0.29) is 30.1 Å². The van der Waals surface area contributed by atoms with Crippen molar-refractivity contribution in [2.45, 2.75) is 39.8 Å². The molecule has 144 valence electrons. The van der Waals surface area contributed by atoms with E-state index in [1.807, 2.05) is 42.1 Å². The molecular formula is C19H30IN5O. The van der Waals surface area contributed by atoms with Gasteiger partial charge >= 0.3 is 0 Å².